The highest BCUT2D eigenvalue weighted by atomic mass is 35.5. The summed E-state index contributed by atoms with van der Waals surface area (Å²) in [6, 6.07) is 6.12. The number of anilines is 1. The van der Waals surface area contributed by atoms with Crippen LogP contribution in [0.5, 0.6) is 0 Å². The molecule has 0 aliphatic rings. The van der Waals surface area contributed by atoms with E-state index in [1.807, 2.05) is 52.1 Å². The Morgan fingerprint density at radius 1 is 1.41 bits per heavy atom. The Hall–Kier alpha value is -1.74. The third-order valence-electron chi connectivity index (χ3n) is 3.47. The van der Waals surface area contributed by atoms with Crippen LogP contribution in [0.3, 0.4) is 0 Å². The van der Waals surface area contributed by atoms with Gasteiger partial charge in [-0.05, 0) is 50.5 Å². The van der Waals surface area contributed by atoms with Gasteiger partial charge >= 0.3 is 0 Å². The summed E-state index contributed by atoms with van der Waals surface area (Å²) >= 11 is 6.09. The van der Waals surface area contributed by atoms with Crippen LogP contribution in [0, 0.1) is 6.92 Å². The minimum atomic E-state index is 0.433. The largest absolute Gasteiger partial charge is 0.391 e. The van der Waals surface area contributed by atoms with Crippen LogP contribution in [-0.2, 0) is 11.4 Å². The SMILES string of the molecule is C/C=C(\C=C(\Cl)CC)C(C)=NOCc1c(C)cccc1NC. The molecule has 0 spiro atoms. The molecule has 0 bridgehead atoms. The highest BCUT2D eigenvalue weighted by molar-refractivity contribution is 6.30. The predicted molar refractivity (Wildman–Crippen MR) is 96.6 cm³/mol. The third kappa shape index (κ3) is 5.23. The lowest BCUT2D eigenvalue weighted by atomic mass is 10.1. The fourth-order valence-electron chi connectivity index (χ4n) is 2.04. The van der Waals surface area contributed by atoms with Crippen LogP contribution in [0.1, 0.15) is 38.3 Å². The van der Waals surface area contributed by atoms with Gasteiger partial charge < -0.3 is 10.2 Å². The Kier molecular flexibility index (Phi) is 7.75. The maximum absolute atomic E-state index is 6.09. The molecule has 1 rings (SSSR count). The molecule has 0 saturated heterocycles. The molecule has 0 aliphatic carbocycles. The molecule has 1 aromatic carbocycles. The molecule has 1 N–H and O–H groups in total. The summed E-state index contributed by atoms with van der Waals surface area (Å²) < 4.78 is 0. The van der Waals surface area contributed by atoms with Crippen molar-refractivity contribution < 1.29 is 4.84 Å². The molecule has 120 valence electrons. The van der Waals surface area contributed by atoms with E-state index in [1.54, 1.807) is 0 Å². The van der Waals surface area contributed by atoms with E-state index < -0.39 is 0 Å². The second kappa shape index (κ2) is 9.31. The molecule has 22 heavy (non-hydrogen) atoms. The summed E-state index contributed by atoms with van der Waals surface area (Å²) in [5.41, 5.74) is 5.15. The molecule has 1 aromatic rings. The first-order valence-electron chi connectivity index (χ1n) is 7.49. The Labute approximate surface area is 138 Å². The fourth-order valence-corrected chi connectivity index (χ4v) is 2.16. The summed E-state index contributed by atoms with van der Waals surface area (Å²) in [5.74, 6) is 0. The van der Waals surface area contributed by atoms with Crippen LogP contribution >= 0.6 is 11.6 Å². The molecule has 0 aliphatic heterocycles. The maximum Gasteiger partial charge on any atom is 0.144 e. The highest BCUT2D eigenvalue weighted by Crippen LogP contribution is 2.20. The Morgan fingerprint density at radius 3 is 2.73 bits per heavy atom. The molecule has 3 nitrogen and oxygen atoms in total. The summed E-state index contributed by atoms with van der Waals surface area (Å²) in [7, 11) is 1.91. The quantitative estimate of drug-likeness (QED) is 0.414. The zero-order chi connectivity index (χ0) is 16.5. The summed E-state index contributed by atoms with van der Waals surface area (Å²) in [5, 5.41) is 8.19. The number of oxime groups is 1. The van der Waals surface area contributed by atoms with Crippen molar-refractivity contribution in [3.8, 4) is 0 Å². The van der Waals surface area contributed by atoms with Gasteiger partial charge in [-0.1, -0.05) is 41.9 Å². The molecule has 0 radical (unpaired) electrons. The van der Waals surface area contributed by atoms with Gasteiger partial charge in [0.1, 0.15) is 6.61 Å². The van der Waals surface area contributed by atoms with Crippen molar-refractivity contribution in [2.24, 2.45) is 5.16 Å². The van der Waals surface area contributed by atoms with Crippen LogP contribution in [0.25, 0.3) is 0 Å². The first-order chi connectivity index (χ1) is 10.5. The van der Waals surface area contributed by atoms with Gasteiger partial charge in [-0.2, -0.15) is 0 Å². The lowest BCUT2D eigenvalue weighted by Gasteiger charge is -2.11. The standard InChI is InChI=1S/C18H25ClN2O/c1-6-15(11-16(19)7-2)14(4)21-22-12-17-13(3)9-8-10-18(17)20-5/h6,8-11,20H,7,12H2,1-5H3/b15-6+,16-11+,21-14?. The molecule has 0 fully saturated rings. The lowest BCUT2D eigenvalue weighted by Crippen LogP contribution is -2.01. The van der Waals surface area contributed by atoms with Crippen molar-refractivity contribution in [2.45, 2.75) is 40.7 Å². The van der Waals surface area contributed by atoms with Crippen molar-refractivity contribution in [3.05, 3.63) is 52.1 Å². The summed E-state index contributed by atoms with van der Waals surface area (Å²) in [4.78, 5) is 5.54. The fraction of sp³-hybridized carbons (Fsp3) is 0.389. The van der Waals surface area contributed by atoms with Crippen LogP contribution in [0.15, 0.2) is 46.1 Å². The van der Waals surface area contributed by atoms with Crippen molar-refractivity contribution >= 4 is 23.0 Å². The Bertz CT molecular complexity index is 589. The maximum atomic E-state index is 6.09. The Balaban J connectivity index is 2.81. The van der Waals surface area contributed by atoms with Gasteiger partial charge in [-0.3, -0.25) is 0 Å². The minimum absolute atomic E-state index is 0.433. The van der Waals surface area contributed by atoms with Crippen molar-refractivity contribution in [1.29, 1.82) is 0 Å². The smallest absolute Gasteiger partial charge is 0.144 e. The van der Waals surface area contributed by atoms with E-state index in [9.17, 15) is 0 Å². The Morgan fingerprint density at radius 2 is 2.14 bits per heavy atom. The molecule has 4 heteroatoms. The summed E-state index contributed by atoms with van der Waals surface area (Å²) in [6.07, 6.45) is 4.71. The zero-order valence-electron chi connectivity index (χ0n) is 14.0. The van der Waals surface area contributed by atoms with Crippen LogP contribution in [-0.4, -0.2) is 12.8 Å². The van der Waals surface area contributed by atoms with Crippen molar-refractivity contribution in [3.63, 3.8) is 0 Å². The van der Waals surface area contributed by atoms with E-state index in [4.69, 9.17) is 16.4 Å². The minimum Gasteiger partial charge on any atom is -0.391 e. The topological polar surface area (TPSA) is 33.6 Å². The normalized spacial score (nSPS) is 13.3. The molecule has 0 aromatic heterocycles. The van der Waals surface area contributed by atoms with Crippen LogP contribution < -0.4 is 5.32 Å². The van der Waals surface area contributed by atoms with Gasteiger partial charge in [0.15, 0.2) is 0 Å². The van der Waals surface area contributed by atoms with Gasteiger partial charge in [0.05, 0.1) is 5.71 Å². The van der Waals surface area contributed by atoms with E-state index >= 15 is 0 Å². The molecular weight excluding hydrogens is 296 g/mol. The number of halogens is 1. The van der Waals surface area contributed by atoms with Crippen molar-refractivity contribution in [2.75, 3.05) is 12.4 Å². The number of benzene rings is 1. The number of hydrogen-bond acceptors (Lipinski definition) is 3. The van der Waals surface area contributed by atoms with Gasteiger partial charge in [0, 0.05) is 23.3 Å². The van der Waals surface area contributed by atoms with E-state index in [-0.39, 0.29) is 0 Å². The van der Waals surface area contributed by atoms with Crippen LogP contribution in [0.2, 0.25) is 0 Å². The molecule has 0 unspecified atom stereocenters. The molecular formula is C18H25ClN2O. The number of rotatable bonds is 7. The number of nitrogens with zero attached hydrogens (tertiary/aromatic N) is 1. The number of hydrogen-bond donors (Lipinski definition) is 1. The lowest BCUT2D eigenvalue weighted by molar-refractivity contribution is 0.130. The van der Waals surface area contributed by atoms with Gasteiger partial charge in [0.2, 0.25) is 0 Å². The van der Waals surface area contributed by atoms with Crippen molar-refractivity contribution in [1.82, 2.24) is 0 Å². The summed E-state index contributed by atoms with van der Waals surface area (Å²) in [6.45, 7) is 8.40. The number of aryl methyl sites for hydroxylation is 1. The average Bonchev–Trinajstić information content (AvgIpc) is 2.53. The highest BCUT2D eigenvalue weighted by Gasteiger charge is 2.05. The van der Waals surface area contributed by atoms with Gasteiger partial charge in [-0.15, -0.1) is 0 Å². The molecule has 0 atom stereocenters. The van der Waals surface area contributed by atoms with E-state index in [1.165, 1.54) is 5.56 Å². The number of allylic oxidation sites excluding steroid dienone is 4. The van der Waals surface area contributed by atoms with E-state index in [2.05, 4.69) is 23.5 Å². The van der Waals surface area contributed by atoms with E-state index in [0.29, 0.717) is 6.61 Å². The number of nitrogens with one attached hydrogen (secondary N) is 1. The molecule has 0 heterocycles. The average molecular weight is 321 g/mol. The second-order valence-corrected chi connectivity index (χ2v) is 5.48. The first-order valence-corrected chi connectivity index (χ1v) is 7.86. The zero-order valence-corrected chi connectivity index (χ0v) is 14.8. The first kappa shape index (κ1) is 18.3. The second-order valence-electron chi connectivity index (χ2n) is 4.99. The third-order valence-corrected chi connectivity index (χ3v) is 3.84. The monoisotopic (exact) mass is 320 g/mol. The van der Waals surface area contributed by atoms with E-state index in [0.717, 1.165) is 34.0 Å². The van der Waals surface area contributed by atoms with Gasteiger partial charge in [0.25, 0.3) is 0 Å². The predicted octanol–water partition coefficient (Wildman–Crippen LogP) is 5.41. The molecule has 0 saturated carbocycles. The molecule has 0 amide bonds. The van der Waals surface area contributed by atoms with Crippen LogP contribution in [0.4, 0.5) is 5.69 Å². The van der Waals surface area contributed by atoms with Gasteiger partial charge in [-0.25, -0.2) is 0 Å².